The lowest BCUT2D eigenvalue weighted by Gasteiger charge is -2.16. The van der Waals surface area contributed by atoms with Crippen molar-refractivity contribution in [1.82, 2.24) is 15.1 Å². The number of nitrogens with one attached hydrogen (secondary N) is 1. The summed E-state index contributed by atoms with van der Waals surface area (Å²) in [4.78, 5) is 69.5. The van der Waals surface area contributed by atoms with Gasteiger partial charge in [-0.3, -0.25) is 48.3 Å². The summed E-state index contributed by atoms with van der Waals surface area (Å²) in [6.07, 6.45) is 2.00. The first kappa shape index (κ1) is 56.6. The molecule has 74 heavy (non-hydrogen) atoms. The van der Waals surface area contributed by atoms with Gasteiger partial charge in [-0.15, -0.1) is 11.6 Å². The van der Waals surface area contributed by atoms with E-state index in [1.807, 2.05) is 72.8 Å². The van der Waals surface area contributed by atoms with E-state index in [0.717, 1.165) is 48.3 Å². The van der Waals surface area contributed by atoms with Gasteiger partial charge in [0.2, 0.25) is 49.0 Å². The highest BCUT2D eigenvalue weighted by Gasteiger charge is 2.30. The molecule has 0 aliphatic carbocycles. The molecule has 6 amide bonds. The van der Waals surface area contributed by atoms with Gasteiger partial charge in [0, 0.05) is 50.0 Å². The van der Waals surface area contributed by atoms with E-state index in [1.54, 1.807) is 39.5 Å². The molecule has 3 saturated heterocycles. The Balaban J connectivity index is 0.000000182. The Bertz CT molecular complexity index is 2810. The molecule has 0 atom stereocenters. The summed E-state index contributed by atoms with van der Waals surface area (Å²) < 4.78 is 53.8. The molecule has 5 aliphatic rings. The van der Waals surface area contributed by atoms with E-state index in [-0.39, 0.29) is 55.6 Å². The number of hydrogen-bond acceptors (Lipinski definition) is 15. The van der Waals surface area contributed by atoms with Crippen LogP contribution in [0.4, 0.5) is 4.39 Å². The van der Waals surface area contributed by atoms with Gasteiger partial charge in [-0.25, -0.2) is 0 Å². The Morgan fingerprint density at radius 2 is 1.01 bits per heavy atom. The van der Waals surface area contributed by atoms with Crippen LogP contribution in [-0.4, -0.2) is 104 Å². The van der Waals surface area contributed by atoms with Crippen molar-refractivity contribution >= 4 is 91.5 Å². The average molecular weight is 1170 g/mol. The first-order valence-corrected chi connectivity index (χ1v) is 24.5. The summed E-state index contributed by atoms with van der Waals surface area (Å²) in [5, 5.41) is 19.8. The first-order chi connectivity index (χ1) is 36.0. The number of benzene rings is 5. The predicted octanol–water partition coefficient (Wildman–Crippen LogP) is 7.15. The van der Waals surface area contributed by atoms with Gasteiger partial charge >= 0.3 is 7.12 Å². The number of ether oxygens (including phenoxy) is 7. The molecule has 0 saturated carbocycles. The van der Waals surface area contributed by atoms with E-state index >= 15 is 0 Å². The molecule has 23 heteroatoms. The normalized spacial score (nSPS) is 14.6. The summed E-state index contributed by atoms with van der Waals surface area (Å²) in [7, 11) is 2.38. The molecule has 0 aromatic heterocycles. The average Bonchev–Trinajstić information content (AvgIpc) is 4.27. The van der Waals surface area contributed by atoms with Gasteiger partial charge < -0.3 is 43.2 Å². The van der Waals surface area contributed by atoms with E-state index < -0.39 is 14.3 Å². The van der Waals surface area contributed by atoms with Crippen molar-refractivity contribution in [3.8, 4) is 51.4 Å². The summed E-state index contributed by atoms with van der Waals surface area (Å²) in [6, 6.07) is 27.4. The molecule has 5 aromatic rings. The number of nitrogens with zero attached hydrogens (tertiary/aromatic N) is 2. The quantitative estimate of drug-likeness (QED) is 0.0717. The van der Waals surface area contributed by atoms with E-state index in [2.05, 4.69) is 37.2 Å². The molecule has 0 spiro atoms. The van der Waals surface area contributed by atoms with Gasteiger partial charge in [0.05, 0.1) is 51.9 Å². The molecule has 3 fully saturated rings. The molecule has 0 radical (unpaired) electrons. The fourth-order valence-electron chi connectivity index (χ4n) is 7.29. The lowest BCUT2D eigenvalue weighted by Crippen LogP contribution is -2.29. The van der Waals surface area contributed by atoms with Crippen molar-refractivity contribution in [1.29, 1.82) is 0 Å². The van der Waals surface area contributed by atoms with Crippen LogP contribution in [0.2, 0.25) is 0 Å². The first-order valence-electron chi connectivity index (χ1n) is 23.1. The Kier molecular flexibility index (Phi) is 21.9. The zero-order valence-electron chi connectivity index (χ0n) is 41.3. The number of amides is 6. The minimum atomic E-state index is -1.46. The van der Waals surface area contributed by atoms with Gasteiger partial charge in [0.25, 0.3) is 0 Å². The van der Waals surface area contributed by atoms with Crippen LogP contribution < -0.4 is 43.9 Å². The van der Waals surface area contributed by atoms with Crippen LogP contribution >= 0.6 is 43.5 Å². The van der Waals surface area contributed by atoms with Crippen LogP contribution in [0.1, 0.15) is 56.6 Å². The molecule has 0 unspecified atom stereocenters. The standard InChI is InChI=1S/C19H17NO5.C12H12BrNO3.C8H8BrClO.C7H7BO4.C4H5NO2.CH3F/c1-23-15-4-2-12(10-20-18(21)6-7-19(20)22)8-14(15)13-3-5-16-17(9-13)25-11-24-16;1-17-10-3-2-8(6-9(10)13)7-14-11(15)4-5-12(14)16;1-11-8-3-2-6(5-10)4-7(8)9;9-8(10)5-1-2-6-7(3-5)12-4-11-6;6-3-1-2-4(7)5-3;1-2/h2-5,8-9H,6-7,10-11H2,1H3;2-3,6H,4-5,7H2,1H3;2-4H,5H2,1H3;1-3,9-10H,4H2;1-2H2,(H,5,6,7);1H3/i;;;;;1D. The minimum absolute atomic E-state index is 0.0954. The Morgan fingerprint density at radius 1 is 0.595 bits per heavy atom. The summed E-state index contributed by atoms with van der Waals surface area (Å²) >= 11 is 12.4. The summed E-state index contributed by atoms with van der Waals surface area (Å²) in [6.45, 7) is 1.02. The maximum Gasteiger partial charge on any atom is 0.488 e. The van der Waals surface area contributed by atoms with Crippen molar-refractivity contribution in [2.24, 2.45) is 0 Å². The molecule has 10 rings (SSSR count). The molecule has 5 heterocycles. The van der Waals surface area contributed by atoms with Crippen LogP contribution in [-0.2, 0) is 47.7 Å². The highest BCUT2D eigenvalue weighted by molar-refractivity contribution is 9.11. The van der Waals surface area contributed by atoms with Crippen molar-refractivity contribution in [2.45, 2.75) is 57.5 Å². The second kappa shape index (κ2) is 28.7. The third-order valence-corrected chi connectivity index (χ3v) is 12.6. The molecule has 5 aromatic carbocycles. The highest BCUT2D eigenvalue weighted by Crippen LogP contribution is 2.39. The Labute approximate surface area is 449 Å². The van der Waals surface area contributed by atoms with Crippen molar-refractivity contribution in [3.63, 3.8) is 0 Å². The largest absolute Gasteiger partial charge is 0.496 e. The lowest BCUT2D eigenvalue weighted by atomic mass is 9.80. The number of fused-ring (bicyclic) bond motifs is 2. The third kappa shape index (κ3) is 16.1. The number of rotatable bonds is 10. The predicted molar refractivity (Wildman–Crippen MR) is 277 cm³/mol. The molecule has 392 valence electrons. The minimum Gasteiger partial charge on any atom is -0.496 e. The topological polar surface area (TPSA) is 226 Å². The zero-order valence-corrected chi connectivity index (χ0v) is 44.3. The molecular formula is C51H52BBr2ClFN3O15. The maximum absolute atomic E-state index is 11.8. The number of halogens is 4. The number of likely N-dealkylation sites (tertiary alicyclic amines) is 2. The molecule has 5 aliphatic heterocycles. The van der Waals surface area contributed by atoms with E-state index in [0.29, 0.717) is 85.2 Å². The second-order valence-electron chi connectivity index (χ2n) is 15.9. The SMILES string of the molecule is COc1ccc(CCl)cc1Br.COc1ccc(CN2C(=O)CCC2=O)cc1-c1ccc2c(c1)OCO2.COc1ccc(CN2C(=O)CCC2=O)cc1Br.O=C1CCC(=O)N1.OB(O)c1ccc2c(c1)OCO2.[2H]CF. The fraction of sp³-hybridized carbons (Fsp3) is 0.294. The summed E-state index contributed by atoms with van der Waals surface area (Å²) in [5.74, 6) is 4.67. The monoisotopic (exact) mass is 1170 g/mol. The highest BCUT2D eigenvalue weighted by atomic mass is 79.9. The van der Waals surface area contributed by atoms with Crippen LogP contribution in [0.15, 0.2) is 99.9 Å². The van der Waals surface area contributed by atoms with Crippen LogP contribution in [0, 0.1) is 0 Å². The van der Waals surface area contributed by atoms with Crippen molar-refractivity contribution < 1.29 is 77.7 Å². The number of carbonyl (C=O) groups excluding carboxylic acids is 6. The fourth-order valence-corrected chi connectivity index (χ4v) is 8.63. The number of carbonyl (C=O) groups is 6. The summed E-state index contributed by atoms with van der Waals surface area (Å²) in [5.41, 5.74) is 5.05. The van der Waals surface area contributed by atoms with Gasteiger partial charge in [0.1, 0.15) is 17.2 Å². The molecule has 3 N–H and O–H groups in total. The molecular weight excluding hydrogens is 1120 g/mol. The third-order valence-electron chi connectivity index (χ3n) is 11.1. The Hall–Kier alpha value is -6.72. The second-order valence-corrected chi connectivity index (χ2v) is 17.9. The number of imide groups is 3. The number of methoxy groups -OCH3 is 3. The molecule has 0 bridgehead atoms. The number of hydrogen-bond donors (Lipinski definition) is 3. The van der Waals surface area contributed by atoms with Crippen molar-refractivity contribution in [2.75, 3.05) is 42.1 Å². The van der Waals surface area contributed by atoms with Gasteiger partial charge in [0.15, 0.2) is 23.0 Å². The van der Waals surface area contributed by atoms with Crippen LogP contribution in [0.3, 0.4) is 0 Å². The van der Waals surface area contributed by atoms with Gasteiger partial charge in [-0.2, -0.15) is 0 Å². The maximum atomic E-state index is 11.8. The lowest BCUT2D eigenvalue weighted by molar-refractivity contribution is -0.140. The van der Waals surface area contributed by atoms with Crippen LogP contribution in [0.25, 0.3) is 11.1 Å². The van der Waals surface area contributed by atoms with E-state index in [4.69, 9.17) is 56.2 Å². The van der Waals surface area contributed by atoms with E-state index in [1.165, 1.54) is 9.80 Å². The Morgan fingerprint density at radius 3 is 1.45 bits per heavy atom. The number of alkyl halides is 2. The van der Waals surface area contributed by atoms with Crippen LogP contribution in [0.5, 0.6) is 40.2 Å². The zero-order chi connectivity index (χ0) is 54.6. The molecule has 18 nitrogen and oxygen atoms in total. The van der Waals surface area contributed by atoms with Crippen molar-refractivity contribution in [3.05, 3.63) is 117 Å². The van der Waals surface area contributed by atoms with E-state index in [9.17, 15) is 33.2 Å². The van der Waals surface area contributed by atoms with Gasteiger partial charge in [-0.1, -0.05) is 30.3 Å². The van der Waals surface area contributed by atoms with Gasteiger partial charge in [-0.05, 0) is 120 Å². The smallest absolute Gasteiger partial charge is 0.488 e.